The predicted molar refractivity (Wildman–Crippen MR) is 69.2 cm³/mol. The first-order valence-corrected chi connectivity index (χ1v) is 7.08. The summed E-state index contributed by atoms with van der Waals surface area (Å²) in [5, 5.41) is 2.33. The van der Waals surface area contributed by atoms with Crippen molar-refractivity contribution in [2.75, 3.05) is 11.1 Å². The van der Waals surface area contributed by atoms with Crippen molar-refractivity contribution in [2.24, 2.45) is 0 Å². The Labute approximate surface area is 110 Å². The first-order chi connectivity index (χ1) is 9.08. The van der Waals surface area contributed by atoms with Crippen LogP contribution in [-0.2, 0) is 14.6 Å². The topological polar surface area (TPSA) is 89.0 Å². The van der Waals surface area contributed by atoms with E-state index in [-0.39, 0.29) is 10.8 Å². The minimum absolute atomic E-state index is 0.0794. The van der Waals surface area contributed by atoms with Crippen LogP contribution in [0.1, 0.15) is 0 Å². The quantitative estimate of drug-likeness (QED) is 0.896. The van der Waals surface area contributed by atoms with Gasteiger partial charge in [-0.2, -0.15) is 0 Å². The van der Waals surface area contributed by atoms with Crippen LogP contribution < -0.4 is 5.32 Å². The van der Waals surface area contributed by atoms with Crippen molar-refractivity contribution in [3.8, 4) is 0 Å². The lowest BCUT2D eigenvalue weighted by Crippen LogP contribution is -2.23. The van der Waals surface area contributed by atoms with Crippen molar-refractivity contribution in [1.29, 1.82) is 0 Å². The molecule has 1 heterocycles. The molecule has 7 heteroatoms. The first kappa shape index (κ1) is 13.2. The number of anilines is 1. The van der Waals surface area contributed by atoms with Gasteiger partial charge in [-0.15, -0.1) is 0 Å². The van der Waals surface area contributed by atoms with Gasteiger partial charge >= 0.3 is 0 Å². The molecule has 1 amide bonds. The van der Waals surface area contributed by atoms with Crippen molar-refractivity contribution < 1.29 is 13.2 Å². The average Bonchev–Trinajstić information content (AvgIpc) is 2.40. The van der Waals surface area contributed by atoms with Crippen LogP contribution in [0.5, 0.6) is 0 Å². The van der Waals surface area contributed by atoms with E-state index in [1.54, 1.807) is 24.3 Å². The van der Waals surface area contributed by atoms with Crippen LogP contribution in [0.15, 0.2) is 53.7 Å². The molecule has 1 aromatic carbocycles. The van der Waals surface area contributed by atoms with Gasteiger partial charge in [0.25, 0.3) is 0 Å². The molecule has 2 aromatic rings. The number of amides is 1. The van der Waals surface area contributed by atoms with E-state index < -0.39 is 21.5 Å². The van der Waals surface area contributed by atoms with Gasteiger partial charge in [-0.25, -0.2) is 18.4 Å². The summed E-state index contributed by atoms with van der Waals surface area (Å²) in [6.45, 7) is 0. The van der Waals surface area contributed by atoms with Crippen LogP contribution in [-0.4, -0.2) is 30.0 Å². The maximum Gasteiger partial charge on any atom is 0.242 e. The molecule has 0 radical (unpaired) electrons. The van der Waals surface area contributed by atoms with E-state index in [1.807, 2.05) is 0 Å². The molecule has 0 spiro atoms. The van der Waals surface area contributed by atoms with Crippen LogP contribution in [0.4, 0.5) is 5.95 Å². The molecule has 0 saturated carbocycles. The lowest BCUT2D eigenvalue weighted by Gasteiger charge is -2.04. The van der Waals surface area contributed by atoms with E-state index in [0.29, 0.717) is 0 Å². The molecule has 0 unspecified atom stereocenters. The maximum absolute atomic E-state index is 11.9. The number of nitrogens with zero attached hydrogens (tertiary/aromatic N) is 2. The second kappa shape index (κ2) is 5.57. The summed E-state index contributed by atoms with van der Waals surface area (Å²) >= 11 is 0. The third-order valence-corrected chi connectivity index (χ3v) is 3.87. The Bertz CT molecular complexity index is 657. The van der Waals surface area contributed by atoms with E-state index in [9.17, 15) is 13.2 Å². The molecule has 0 saturated heterocycles. The molecular formula is C12H11N3O3S. The monoisotopic (exact) mass is 277 g/mol. The van der Waals surface area contributed by atoms with Crippen LogP contribution in [0, 0.1) is 0 Å². The number of hydrogen-bond acceptors (Lipinski definition) is 5. The second-order valence-corrected chi connectivity index (χ2v) is 5.68. The van der Waals surface area contributed by atoms with E-state index in [0.717, 1.165) is 0 Å². The number of aromatic nitrogens is 2. The molecule has 0 fully saturated rings. The van der Waals surface area contributed by atoms with E-state index in [2.05, 4.69) is 15.3 Å². The number of rotatable bonds is 4. The minimum Gasteiger partial charge on any atom is -0.294 e. The van der Waals surface area contributed by atoms with Gasteiger partial charge in [-0.05, 0) is 18.2 Å². The Kier molecular flexibility index (Phi) is 3.86. The number of hydrogen-bond donors (Lipinski definition) is 1. The highest BCUT2D eigenvalue weighted by Crippen LogP contribution is 2.10. The number of sulfone groups is 1. The van der Waals surface area contributed by atoms with Crippen LogP contribution in [0.3, 0.4) is 0 Å². The summed E-state index contributed by atoms with van der Waals surface area (Å²) in [6, 6.07) is 9.40. The summed E-state index contributed by atoms with van der Waals surface area (Å²) < 4.78 is 23.9. The number of carbonyl (C=O) groups is 1. The van der Waals surface area contributed by atoms with Gasteiger partial charge in [0, 0.05) is 12.4 Å². The molecule has 0 aliphatic carbocycles. The molecule has 0 aliphatic heterocycles. The Morgan fingerprint density at radius 1 is 1.05 bits per heavy atom. The standard InChI is InChI=1S/C12H11N3O3S/c16-11(15-12-13-7-4-8-14-12)9-19(17,18)10-5-2-1-3-6-10/h1-8H,9H2,(H,13,14,15,16). The minimum atomic E-state index is -3.65. The van der Waals surface area contributed by atoms with Crippen molar-refractivity contribution >= 4 is 21.7 Å². The fourth-order valence-corrected chi connectivity index (χ4v) is 2.56. The molecule has 0 atom stereocenters. The van der Waals surface area contributed by atoms with E-state index in [1.165, 1.54) is 24.5 Å². The summed E-state index contributed by atoms with van der Waals surface area (Å²) in [4.78, 5) is 19.3. The van der Waals surface area contributed by atoms with Crippen molar-refractivity contribution in [1.82, 2.24) is 9.97 Å². The van der Waals surface area contributed by atoms with Crippen LogP contribution in [0.2, 0.25) is 0 Å². The fourth-order valence-electron chi connectivity index (χ4n) is 1.41. The van der Waals surface area contributed by atoms with Crippen LogP contribution >= 0.6 is 0 Å². The van der Waals surface area contributed by atoms with Crippen molar-refractivity contribution in [3.63, 3.8) is 0 Å². The van der Waals surface area contributed by atoms with Gasteiger partial charge in [0.1, 0.15) is 5.75 Å². The molecule has 0 bridgehead atoms. The van der Waals surface area contributed by atoms with Gasteiger partial charge in [0.05, 0.1) is 4.90 Å². The summed E-state index contributed by atoms with van der Waals surface area (Å²) in [6.07, 6.45) is 2.91. The number of carbonyl (C=O) groups excluding carboxylic acids is 1. The maximum atomic E-state index is 11.9. The number of nitrogens with one attached hydrogen (secondary N) is 1. The van der Waals surface area contributed by atoms with Crippen LogP contribution in [0.25, 0.3) is 0 Å². The average molecular weight is 277 g/mol. The zero-order chi connectivity index (χ0) is 13.7. The summed E-state index contributed by atoms with van der Waals surface area (Å²) in [5.41, 5.74) is 0. The molecule has 1 N–H and O–H groups in total. The Morgan fingerprint density at radius 3 is 2.32 bits per heavy atom. The largest absolute Gasteiger partial charge is 0.294 e. The SMILES string of the molecule is O=C(CS(=O)(=O)c1ccccc1)Nc1ncccn1. The van der Waals surface area contributed by atoms with Crippen molar-refractivity contribution in [2.45, 2.75) is 4.90 Å². The summed E-state index contributed by atoms with van der Waals surface area (Å²) in [5.74, 6) is -1.24. The molecule has 0 aliphatic rings. The second-order valence-electron chi connectivity index (χ2n) is 3.69. The molecule has 2 rings (SSSR count). The van der Waals surface area contributed by atoms with Gasteiger partial charge < -0.3 is 0 Å². The Balaban J connectivity index is 2.07. The fraction of sp³-hybridized carbons (Fsp3) is 0.0833. The van der Waals surface area contributed by atoms with Gasteiger partial charge in [0.15, 0.2) is 9.84 Å². The van der Waals surface area contributed by atoms with Gasteiger partial charge in [-0.1, -0.05) is 18.2 Å². The van der Waals surface area contributed by atoms with Gasteiger partial charge in [-0.3, -0.25) is 10.1 Å². The molecular weight excluding hydrogens is 266 g/mol. The summed E-state index contributed by atoms with van der Waals surface area (Å²) in [7, 11) is -3.65. The third-order valence-electron chi connectivity index (χ3n) is 2.24. The highest BCUT2D eigenvalue weighted by atomic mass is 32.2. The van der Waals surface area contributed by atoms with E-state index in [4.69, 9.17) is 0 Å². The zero-order valence-electron chi connectivity index (χ0n) is 9.85. The van der Waals surface area contributed by atoms with Gasteiger partial charge in [0.2, 0.25) is 11.9 Å². The first-order valence-electron chi connectivity index (χ1n) is 5.42. The lowest BCUT2D eigenvalue weighted by molar-refractivity contribution is -0.113. The van der Waals surface area contributed by atoms with Crippen molar-refractivity contribution in [3.05, 3.63) is 48.8 Å². The molecule has 1 aromatic heterocycles. The number of benzene rings is 1. The Hall–Kier alpha value is -2.28. The highest BCUT2D eigenvalue weighted by molar-refractivity contribution is 7.92. The molecule has 98 valence electrons. The zero-order valence-corrected chi connectivity index (χ0v) is 10.7. The third kappa shape index (κ3) is 3.59. The Morgan fingerprint density at radius 2 is 1.68 bits per heavy atom. The van der Waals surface area contributed by atoms with E-state index >= 15 is 0 Å². The molecule has 19 heavy (non-hydrogen) atoms. The smallest absolute Gasteiger partial charge is 0.242 e. The lowest BCUT2D eigenvalue weighted by atomic mass is 10.4. The highest BCUT2D eigenvalue weighted by Gasteiger charge is 2.19. The normalized spacial score (nSPS) is 10.9. The predicted octanol–water partition coefficient (Wildman–Crippen LogP) is 0.889. The molecule has 6 nitrogen and oxygen atoms in total.